The molecule has 0 fully saturated rings. The standard InChI is InChI=1S/C36H32N4O4/c1-36(2,3)44-35(42)38-22-23-8-6-9-24(20-23)34(41)40-26-16-14-25(15-17-26)39-27-18-19-37-31(21-27)30-12-7-11-29-28-10-4-5-13-32(28)43-33(29)30/h4-21H,22H2,1-3H3,(H,37,39)(H,38,42)(H,40,41). The second kappa shape index (κ2) is 11.9. The molecule has 220 valence electrons. The third-order valence-corrected chi connectivity index (χ3v) is 6.90. The van der Waals surface area contributed by atoms with Gasteiger partial charge in [-0.25, -0.2) is 4.79 Å². The first kappa shape index (κ1) is 28.5. The van der Waals surface area contributed by atoms with Gasteiger partial charge in [0.1, 0.15) is 16.8 Å². The summed E-state index contributed by atoms with van der Waals surface area (Å²) in [5.41, 5.74) is 6.46. The van der Waals surface area contributed by atoms with Crippen LogP contribution in [0.3, 0.4) is 0 Å². The van der Waals surface area contributed by atoms with Crippen molar-refractivity contribution in [3.63, 3.8) is 0 Å². The number of ether oxygens (including phenoxy) is 1. The monoisotopic (exact) mass is 584 g/mol. The Morgan fingerprint density at radius 2 is 1.55 bits per heavy atom. The van der Waals surface area contributed by atoms with E-state index in [0.29, 0.717) is 11.3 Å². The molecule has 3 N–H and O–H groups in total. The zero-order valence-corrected chi connectivity index (χ0v) is 24.7. The van der Waals surface area contributed by atoms with Gasteiger partial charge in [0.2, 0.25) is 0 Å². The molecular weight excluding hydrogens is 552 g/mol. The van der Waals surface area contributed by atoms with Gasteiger partial charge in [0.25, 0.3) is 5.91 Å². The summed E-state index contributed by atoms with van der Waals surface area (Å²) >= 11 is 0. The van der Waals surface area contributed by atoms with E-state index in [4.69, 9.17) is 9.15 Å². The van der Waals surface area contributed by atoms with Crippen molar-refractivity contribution in [2.75, 3.05) is 10.6 Å². The number of hydrogen-bond donors (Lipinski definition) is 3. The second-order valence-electron chi connectivity index (χ2n) is 11.4. The van der Waals surface area contributed by atoms with Crippen molar-refractivity contribution in [1.82, 2.24) is 10.3 Å². The summed E-state index contributed by atoms with van der Waals surface area (Å²) in [7, 11) is 0. The van der Waals surface area contributed by atoms with Gasteiger partial charge in [-0.05, 0) is 87.0 Å². The van der Waals surface area contributed by atoms with Gasteiger partial charge in [-0.15, -0.1) is 0 Å². The quantitative estimate of drug-likeness (QED) is 0.173. The van der Waals surface area contributed by atoms with Crippen LogP contribution in [0.2, 0.25) is 0 Å². The minimum Gasteiger partial charge on any atom is -0.455 e. The van der Waals surface area contributed by atoms with Crippen LogP contribution in [0.1, 0.15) is 36.7 Å². The molecule has 0 radical (unpaired) electrons. The van der Waals surface area contributed by atoms with Crippen LogP contribution in [0.5, 0.6) is 0 Å². The van der Waals surface area contributed by atoms with Crippen LogP contribution in [0.4, 0.5) is 21.9 Å². The lowest BCUT2D eigenvalue weighted by Gasteiger charge is -2.19. The Hall–Kier alpha value is -5.63. The minimum atomic E-state index is -0.580. The van der Waals surface area contributed by atoms with Gasteiger partial charge in [0.05, 0.1) is 5.69 Å². The molecule has 0 atom stereocenters. The maximum Gasteiger partial charge on any atom is 0.407 e. The fourth-order valence-electron chi connectivity index (χ4n) is 4.92. The first-order valence-electron chi connectivity index (χ1n) is 14.3. The SMILES string of the molecule is CC(C)(C)OC(=O)NCc1cccc(C(=O)Nc2ccc(Nc3ccnc(-c4cccc5c4oc4ccccc45)c3)cc2)c1. The second-order valence-corrected chi connectivity index (χ2v) is 11.4. The fraction of sp³-hybridized carbons (Fsp3) is 0.139. The number of alkyl carbamates (subject to hydrolysis) is 1. The van der Waals surface area contributed by atoms with E-state index >= 15 is 0 Å². The Labute approximate surface area is 255 Å². The first-order chi connectivity index (χ1) is 21.2. The Balaban J connectivity index is 1.11. The number of fused-ring (bicyclic) bond motifs is 3. The van der Waals surface area contributed by atoms with E-state index in [0.717, 1.165) is 50.1 Å². The Bertz CT molecular complexity index is 1970. The van der Waals surface area contributed by atoms with Crippen molar-refractivity contribution in [3.8, 4) is 11.3 Å². The molecule has 0 aliphatic heterocycles. The van der Waals surface area contributed by atoms with Crippen LogP contribution >= 0.6 is 0 Å². The average Bonchev–Trinajstić information content (AvgIpc) is 3.39. The molecule has 6 rings (SSSR count). The number of carbonyl (C=O) groups excluding carboxylic acids is 2. The Morgan fingerprint density at radius 3 is 2.36 bits per heavy atom. The van der Waals surface area contributed by atoms with Crippen molar-refractivity contribution >= 4 is 51.0 Å². The number of benzene rings is 4. The van der Waals surface area contributed by atoms with Crippen molar-refractivity contribution in [2.45, 2.75) is 32.9 Å². The van der Waals surface area contributed by atoms with Crippen molar-refractivity contribution in [2.24, 2.45) is 0 Å². The molecule has 44 heavy (non-hydrogen) atoms. The Kier molecular flexibility index (Phi) is 7.72. The maximum atomic E-state index is 12.9. The van der Waals surface area contributed by atoms with Gasteiger partial charge in [-0.2, -0.15) is 0 Å². The zero-order chi connectivity index (χ0) is 30.7. The molecule has 2 amide bonds. The fourth-order valence-corrected chi connectivity index (χ4v) is 4.92. The third-order valence-electron chi connectivity index (χ3n) is 6.90. The number of rotatable bonds is 7. The summed E-state index contributed by atoms with van der Waals surface area (Å²) in [6.45, 7) is 5.67. The zero-order valence-electron chi connectivity index (χ0n) is 24.7. The lowest BCUT2D eigenvalue weighted by Crippen LogP contribution is -2.32. The third kappa shape index (κ3) is 6.55. The van der Waals surface area contributed by atoms with Crippen molar-refractivity contribution in [1.29, 1.82) is 0 Å². The molecule has 6 aromatic rings. The van der Waals surface area contributed by atoms with Crippen LogP contribution in [-0.4, -0.2) is 22.6 Å². The summed E-state index contributed by atoms with van der Waals surface area (Å²) in [6, 6.07) is 32.6. The number of anilines is 3. The summed E-state index contributed by atoms with van der Waals surface area (Å²) < 4.78 is 11.5. The average molecular weight is 585 g/mol. The number of nitrogens with zero attached hydrogens (tertiary/aromatic N) is 1. The first-order valence-corrected chi connectivity index (χ1v) is 14.3. The number of hydrogen-bond acceptors (Lipinski definition) is 6. The number of amides is 2. The lowest BCUT2D eigenvalue weighted by atomic mass is 10.1. The highest BCUT2D eigenvalue weighted by atomic mass is 16.6. The van der Waals surface area contributed by atoms with E-state index in [-0.39, 0.29) is 12.5 Å². The van der Waals surface area contributed by atoms with Gasteiger partial charge in [-0.3, -0.25) is 9.78 Å². The molecule has 0 bridgehead atoms. The van der Waals surface area contributed by atoms with Crippen molar-refractivity contribution < 1.29 is 18.7 Å². The molecule has 0 saturated carbocycles. The predicted molar refractivity (Wildman–Crippen MR) is 174 cm³/mol. The van der Waals surface area contributed by atoms with Gasteiger partial charge < -0.3 is 25.1 Å². The summed E-state index contributed by atoms with van der Waals surface area (Å²) in [4.78, 5) is 29.5. The number of furan rings is 1. The number of para-hydroxylation sites is 2. The molecule has 4 aromatic carbocycles. The van der Waals surface area contributed by atoms with Gasteiger partial charge >= 0.3 is 6.09 Å². The molecule has 8 heteroatoms. The molecule has 8 nitrogen and oxygen atoms in total. The predicted octanol–water partition coefficient (Wildman–Crippen LogP) is 8.67. The summed E-state index contributed by atoms with van der Waals surface area (Å²) in [5, 5.41) is 11.2. The van der Waals surface area contributed by atoms with E-state index in [2.05, 4.69) is 33.1 Å². The van der Waals surface area contributed by atoms with Gasteiger partial charge in [-0.1, -0.05) is 42.5 Å². The molecule has 2 aromatic heterocycles. The van der Waals surface area contributed by atoms with Crippen molar-refractivity contribution in [3.05, 3.63) is 120 Å². The van der Waals surface area contributed by atoms with E-state index in [9.17, 15) is 9.59 Å². The van der Waals surface area contributed by atoms with Crippen LogP contribution in [0.15, 0.2) is 114 Å². The highest BCUT2D eigenvalue weighted by Gasteiger charge is 2.16. The molecule has 0 saturated heterocycles. The minimum absolute atomic E-state index is 0.247. The van der Waals surface area contributed by atoms with E-state index < -0.39 is 11.7 Å². The van der Waals surface area contributed by atoms with Gasteiger partial charge in [0.15, 0.2) is 0 Å². The van der Waals surface area contributed by atoms with Gasteiger partial charge in [0, 0.05) is 51.7 Å². The van der Waals surface area contributed by atoms with Crippen LogP contribution in [-0.2, 0) is 11.3 Å². The van der Waals surface area contributed by atoms with Crippen LogP contribution in [0, 0.1) is 0 Å². The molecule has 0 aliphatic rings. The van der Waals surface area contributed by atoms with Crippen LogP contribution < -0.4 is 16.0 Å². The number of pyridine rings is 1. The highest BCUT2D eigenvalue weighted by molar-refractivity contribution is 6.09. The largest absolute Gasteiger partial charge is 0.455 e. The topological polar surface area (TPSA) is 105 Å². The van der Waals surface area contributed by atoms with E-state index in [1.54, 1.807) is 45.2 Å². The van der Waals surface area contributed by atoms with E-state index in [1.807, 2.05) is 72.8 Å². The number of nitrogens with one attached hydrogen (secondary N) is 3. The maximum absolute atomic E-state index is 12.9. The molecular formula is C36H32N4O4. The molecule has 0 spiro atoms. The Morgan fingerprint density at radius 1 is 0.795 bits per heavy atom. The van der Waals surface area contributed by atoms with E-state index in [1.165, 1.54) is 0 Å². The number of aromatic nitrogens is 1. The smallest absolute Gasteiger partial charge is 0.407 e. The summed E-state index contributed by atoms with van der Waals surface area (Å²) in [5.74, 6) is -0.247. The molecule has 2 heterocycles. The number of carbonyl (C=O) groups is 2. The summed E-state index contributed by atoms with van der Waals surface area (Å²) in [6.07, 6.45) is 1.26. The van der Waals surface area contributed by atoms with Crippen LogP contribution in [0.25, 0.3) is 33.2 Å². The molecule has 0 aliphatic carbocycles. The lowest BCUT2D eigenvalue weighted by molar-refractivity contribution is 0.0523. The molecule has 0 unspecified atom stereocenters. The highest BCUT2D eigenvalue weighted by Crippen LogP contribution is 2.35. The normalized spacial score (nSPS) is 11.3.